The van der Waals surface area contributed by atoms with Crippen LogP contribution in [0.3, 0.4) is 0 Å². The van der Waals surface area contributed by atoms with Crippen LogP contribution in [-0.4, -0.2) is 98.7 Å². The molecule has 6 nitrogen and oxygen atoms in total. The summed E-state index contributed by atoms with van der Waals surface area (Å²) in [5.74, 6) is -0.522. The zero-order valence-electron chi connectivity index (χ0n) is 37.5. The minimum Gasteiger partial charge on any atom is -0.549 e. The molecule has 0 aromatic rings. The smallest absolute Gasteiger partial charge is 0.549 e. The molecule has 0 N–H and O–H groups in total. The van der Waals surface area contributed by atoms with Gasteiger partial charge < -0.3 is 19.8 Å². The van der Waals surface area contributed by atoms with Crippen molar-refractivity contribution in [2.24, 2.45) is 23.7 Å². The first-order chi connectivity index (χ1) is 26.0. The predicted octanol–water partition coefficient (Wildman–Crippen LogP) is 10.3. The monoisotopic (exact) mass is 797 g/mol. The van der Waals surface area contributed by atoms with E-state index >= 15 is 0 Å². The third-order valence-electron chi connectivity index (χ3n) is 9.65. The average Bonchev–Trinajstić information content (AvgIpc) is 3.10. The Labute approximate surface area is 372 Å². The van der Waals surface area contributed by atoms with Gasteiger partial charge in [0.15, 0.2) is 0 Å². The molecule has 0 bridgehead atoms. The third-order valence-corrected chi connectivity index (χ3v) is 9.65. The van der Waals surface area contributed by atoms with E-state index in [4.69, 9.17) is 0 Å². The summed E-state index contributed by atoms with van der Waals surface area (Å²) < 4.78 is 0. The first kappa shape index (κ1) is 58.4. The van der Waals surface area contributed by atoms with Crippen LogP contribution in [0.15, 0.2) is 48.6 Å². The van der Waals surface area contributed by atoms with Gasteiger partial charge in [0.1, 0.15) is 0 Å². The fraction of sp³-hybridized carbons (Fsp3) is 0.792. The molecule has 0 aromatic heterocycles. The SMILES string of the molecule is CCCCCC/C=C/C(C)CN(CC(=O)[O-])CC(C)/C=C/CCCCCC.CCCCCC/C=C/C(C)CN(CC(=O)[O-])CC(C)/C=C/CCCCCC.[Ca+2]. The molecule has 0 aliphatic heterocycles. The second-order valence-corrected chi connectivity index (χ2v) is 16.2. The van der Waals surface area contributed by atoms with Crippen molar-refractivity contribution in [1.82, 2.24) is 9.80 Å². The van der Waals surface area contributed by atoms with Crippen molar-refractivity contribution >= 4 is 49.7 Å². The van der Waals surface area contributed by atoms with Crippen LogP contribution >= 0.6 is 0 Å². The Kier molecular flexibility index (Phi) is 46.9. The van der Waals surface area contributed by atoms with Gasteiger partial charge in [-0.15, -0.1) is 0 Å². The maximum absolute atomic E-state index is 11.1. The number of nitrogens with zero attached hydrogens (tertiary/aromatic N) is 2. The number of allylic oxidation sites excluding steroid dienone is 4. The first-order valence-electron chi connectivity index (χ1n) is 22.5. The Morgan fingerprint density at radius 2 is 0.636 bits per heavy atom. The Hall–Kier alpha value is -0.920. The van der Waals surface area contributed by atoms with E-state index in [1.807, 2.05) is 9.80 Å². The van der Waals surface area contributed by atoms with Crippen LogP contribution in [0.5, 0.6) is 0 Å². The third kappa shape index (κ3) is 45.7. The van der Waals surface area contributed by atoms with Crippen molar-refractivity contribution in [1.29, 1.82) is 0 Å². The molecule has 7 heteroatoms. The number of carbonyl (C=O) groups excluding carboxylic acids is 2. The van der Waals surface area contributed by atoms with Crippen LogP contribution < -0.4 is 10.2 Å². The Morgan fingerprint density at radius 1 is 0.418 bits per heavy atom. The summed E-state index contributed by atoms with van der Waals surface area (Å²) in [5, 5.41) is 22.2. The van der Waals surface area contributed by atoms with E-state index in [0.29, 0.717) is 23.7 Å². The average molecular weight is 797 g/mol. The summed E-state index contributed by atoms with van der Waals surface area (Å²) in [6.07, 6.45) is 43.0. The van der Waals surface area contributed by atoms with Crippen LogP contribution in [-0.2, 0) is 9.59 Å². The molecule has 0 saturated heterocycles. The summed E-state index contributed by atoms with van der Waals surface area (Å²) in [5.41, 5.74) is 0. The molecular formula is C48H88CaN2O4. The van der Waals surface area contributed by atoms with Crippen LogP contribution in [0.1, 0.15) is 184 Å². The Balaban J connectivity index is -0.000000966. The molecule has 55 heavy (non-hydrogen) atoms. The van der Waals surface area contributed by atoms with Gasteiger partial charge in [-0.2, -0.15) is 0 Å². The summed E-state index contributed by atoms with van der Waals surface area (Å²) in [4.78, 5) is 26.3. The molecule has 0 spiro atoms. The summed E-state index contributed by atoms with van der Waals surface area (Å²) >= 11 is 0. The van der Waals surface area contributed by atoms with Gasteiger partial charge in [0.25, 0.3) is 0 Å². The second-order valence-electron chi connectivity index (χ2n) is 16.2. The maximum Gasteiger partial charge on any atom is 2.00 e. The van der Waals surface area contributed by atoms with Crippen molar-refractivity contribution in [2.75, 3.05) is 39.3 Å². The van der Waals surface area contributed by atoms with E-state index < -0.39 is 11.9 Å². The number of carboxylic acids is 2. The fourth-order valence-corrected chi connectivity index (χ4v) is 6.71. The molecule has 0 rings (SSSR count). The van der Waals surface area contributed by atoms with Crippen LogP contribution in [0, 0.1) is 23.7 Å². The van der Waals surface area contributed by atoms with Crippen molar-refractivity contribution in [3.05, 3.63) is 48.6 Å². The molecule has 0 aliphatic rings. The predicted molar refractivity (Wildman–Crippen MR) is 237 cm³/mol. The van der Waals surface area contributed by atoms with Gasteiger partial charge in [0.2, 0.25) is 0 Å². The number of aliphatic carboxylic acids is 2. The molecule has 0 amide bonds. The van der Waals surface area contributed by atoms with E-state index in [1.165, 1.54) is 103 Å². The van der Waals surface area contributed by atoms with Crippen molar-refractivity contribution in [2.45, 2.75) is 184 Å². The molecule has 0 saturated carbocycles. The van der Waals surface area contributed by atoms with E-state index in [1.54, 1.807) is 0 Å². The van der Waals surface area contributed by atoms with E-state index in [-0.39, 0.29) is 50.8 Å². The molecule has 0 fully saturated rings. The van der Waals surface area contributed by atoms with Crippen LogP contribution in [0.4, 0.5) is 0 Å². The number of rotatable bonds is 36. The van der Waals surface area contributed by atoms with Crippen molar-refractivity contribution in [3.8, 4) is 0 Å². The van der Waals surface area contributed by atoms with E-state index in [2.05, 4.69) is 104 Å². The maximum atomic E-state index is 11.1. The number of hydrogen-bond donors (Lipinski definition) is 0. The van der Waals surface area contributed by atoms with Gasteiger partial charge in [-0.1, -0.05) is 181 Å². The van der Waals surface area contributed by atoms with E-state index in [9.17, 15) is 19.8 Å². The van der Waals surface area contributed by atoms with Crippen molar-refractivity contribution < 1.29 is 19.8 Å². The Morgan fingerprint density at radius 3 is 0.818 bits per heavy atom. The van der Waals surface area contributed by atoms with Crippen molar-refractivity contribution in [3.63, 3.8) is 0 Å². The summed E-state index contributed by atoms with van der Waals surface area (Å²) in [7, 11) is 0. The minimum absolute atomic E-state index is 0. The number of carboxylic acid groups (broad SMARTS) is 2. The standard InChI is InChI=1S/2C24H45NO2.Ca/c2*1-5-7-9-11-13-15-17-22(3)19-25(21-24(26)27)20-23(4)18-16-14-12-10-8-6-2;/h2*15-18,22-23H,5-14,19-21H2,1-4H3,(H,26,27);/q;;+2/p-2/b2*17-15+,18-16+;. The van der Waals surface area contributed by atoms with Crippen LogP contribution in [0.2, 0.25) is 0 Å². The molecule has 0 heterocycles. The number of hydrogen-bond acceptors (Lipinski definition) is 6. The van der Waals surface area contributed by atoms with Gasteiger partial charge in [0.05, 0.1) is 11.9 Å². The fourth-order valence-electron chi connectivity index (χ4n) is 6.71. The van der Waals surface area contributed by atoms with Gasteiger partial charge in [0, 0.05) is 39.3 Å². The summed E-state index contributed by atoms with van der Waals surface area (Å²) in [6.45, 7) is 20.7. The molecule has 0 radical (unpaired) electrons. The largest absolute Gasteiger partial charge is 2.00 e. The van der Waals surface area contributed by atoms with Gasteiger partial charge in [-0.05, 0) is 75.0 Å². The first-order valence-corrected chi connectivity index (χ1v) is 22.5. The van der Waals surface area contributed by atoms with Gasteiger partial charge in [-0.3, -0.25) is 9.80 Å². The molecule has 4 atom stereocenters. The van der Waals surface area contributed by atoms with Crippen LogP contribution in [0.25, 0.3) is 0 Å². The normalized spacial score (nSPS) is 14.1. The molecule has 316 valence electrons. The van der Waals surface area contributed by atoms with E-state index in [0.717, 1.165) is 51.9 Å². The zero-order chi connectivity index (χ0) is 40.7. The van der Waals surface area contributed by atoms with Gasteiger partial charge in [-0.25, -0.2) is 0 Å². The zero-order valence-corrected chi connectivity index (χ0v) is 39.8. The molecular weight excluding hydrogens is 709 g/mol. The molecule has 0 aliphatic carbocycles. The minimum atomic E-state index is -0.985. The van der Waals surface area contributed by atoms with Gasteiger partial charge >= 0.3 is 37.7 Å². The quantitative estimate of drug-likeness (QED) is 0.0357. The molecule has 0 aromatic carbocycles. The molecule has 4 unspecified atom stereocenters. The summed E-state index contributed by atoms with van der Waals surface area (Å²) in [6, 6.07) is 0. The number of unbranched alkanes of at least 4 members (excludes halogenated alkanes) is 16. The Bertz CT molecular complexity index is 830. The number of carbonyl (C=O) groups is 2. The second kappa shape index (κ2) is 44.2. The topological polar surface area (TPSA) is 86.7 Å².